The van der Waals surface area contributed by atoms with Crippen LogP contribution in [0.3, 0.4) is 0 Å². The molecule has 0 radical (unpaired) electrons. The summed E-state index contributed by atoms with van der Waals surface area (Å²) in [5.41, 5.74) is -0.692. The number of amides is 1. The molecule has 1 atom stereocenters. The molecule has 0 aliphatic heterocycles. The maximum absolute atomic E-state index is 12.6. The van der Waals surface area contributed by atoms with Crippen LogP contribution in [-0.2, 0) is 17.5 Å². The molecule has 5 nitrogen and oxygen atoms in total. The number of hydrogen-bond donors (Lipinski definition) is 1. The van der Waals surface area contributed by atoms with Crippen molar-refractivity contribution >= 4 is 5.91 Å². The predicted molar refractivity (Wildman–Crippen MR) is 80.9 cm³/mol. The Hall–Kier alpha value is -2.35. The molecule has 0 saturated carbocycles. The van der Waals surface area contributed by atoms with Gasteiger partial charge in [-0.2, -0.15) is 18.3 Å². The Bertz CT molecular complexity index is 654. The van der Waals surface area contributed by atoms with Crippen LogP contribution in [0, 0.1) is 0 Å². The van der Waals surface area contributed by atoms with Crippen molar-refractivity contribution in [1.29, 1.82) is 0 Å². The Morgan fingerprint density at radius 1 is 1.33 bits per heavy atom. The lowest BCUT2D eigenvalue weighted by molar-refractivity contribution is -0.140. The summed E-state index contributed by atoms with van der Waals surface area (Å²) in [5.74, 6) is -0.551. The van der Waals surface area contributed by atoms with E-state index < -0.39 is 23.8 Å². The van der Waals surface area contributed by atoms with Crippen molar-refractivity contribution < 1.29 is 23.1 Å². The van der Waals surface area contributed by atoms with E-state index >= 15 is 0 Å². The fourth-order valence-electron chi connectivity index (χ4n) is 2.25. The second kappa shape index (κ2) is 7.48. The van der Waals surface area contributed by atoms with Crippen LogP contribution in [0.1, 0.15) is 24.2 Å². The van der Waals surface area contributed by atoms with E-state index in [4.69, 9.17) is 0 Å². The Labute approximate surface area is 137 Å². The first-order chi connectivity index (χ1) is 11.3. The van der Waals surface area contributed by atoms with Gasteiger partial charge in [0.1, 0.15) is 0 Å². The molecular formula is C16H18F3N3O2. The zero-order valence-electron chi connectivity index (χ0n) is 13.1. The average Bonchev–Trinajstić information content (AvgIpc) is 3.07. The van der Waals surface area contributed by atoms with E-state index in [0.717, 1.165) is 24.3 Å². The molecule has 2 rings (SSSR count). The van der Waals surface area contributed by atoms with Gasteiger partial charge in [-0.3, -0.25) is 9.48 Å². The van der Waals surface area contributed by atoms with Gasteiger partial charge in [0.05, 0.1) is 12.1 Å². The second-order valence-electron chi connectivity index (χ2n) is 5.21. The van der Waals surface area contributed by atoms with Gasteiger partial charge in [-0.05, 0) is 30.7 Å². The summed E-state index contributed by atoms with van der Waals surface area (Å²) in [6.07, 6.45) is -2.57. The third kappa shape index (κ3) is 4.35. The highest BCUT2D eigenvalue weighted by atomic mass is 19.4. The smallest absolute Gasteiger partial charge is 0.378 e. The molecule has 0 aliphatic rings. The standard InChI is InChI=1S/C16H18F3N3O2/c1-2-21(10-11-22-9-3-8-20-22)15(24)14(23)12-4-6-13(7-5-12)16(17,18)19/h3-9,14,23H,2,10-11H2,1H3. The normalized spacial score (nSPS) is 12.9. The molecule has 130 valence electrons. The number of carbonyl (C=O) groups excluding carboxylic acids is 1. The average molecular weight is 341 g/mol. The minimum atomic E-state index is -4.45. The van der Waals surface area contributed by atoms with Gasteiger partial charge in [-0.15, -0.1) is 0 Å². The van der Waals surface area contributed by atoms with Crippen molar-refractivity contribution in [2.24, 2.45) is 0 Å². The number of benzene rings is 1. The molecule has 24 heavy (non-hydrogen) atoms. The third-order valence-corrected chi connectivity index (χ3v) is 3.64. The molecule has 1 amide bonds. The number of aliphatic hydroxyl groups excluding tert-OH is 1. The van der Waals surface area contributed by atoms with Crippen molar-refractivity contribution in [3.05, 3.63) is 53.9 Å². The van der Waals surface area contributed by atoms with E-state index in [2.05, 4.69) is 5.10 Å². The van der Waals surface area contributed by atoms with Crippen molar-refractivity contribution in [2.45, 2.75) is 25.7 Å². The van der Waals surface area contributed by atoms with E-state index in [-0.39, 0.29) is 5.56 Å². The number of nitrogens with zero attached hydrogens (tertiary/aromatic N) is 3. The van der Waals surface area contributed by atoms with Gasteiger partial charge in [-0.25, -0.2) is 0 Å². The number of hydrogen-bond acceptors (Lipinski definition) is 3. The summed E-state index contributed by atoms with van der Waals surface area (Å²) in [6, 6.07) is 5.70. The van der Waals surface area contributed by atoms with Crippen LogP contribution in [0.15, 0.2) is 42.7 Å². The van der Waals surface area contributed by atoms with Gasteiger partial charge >= 0.3 is 6.18 Å². The molecule has 0 saturated heterocycles. The molecule has 1 unspecified atom stereocenters. The Morgan fingerprint density at radius 3 is 2.50 bits per heavy atom. The van der Waals surface area contributed by atoms with Crippen LogP contribution < -0.4 is 0 Å². The van der Waals surface area contributed by atoms with Gasteiger partial charge in [0.2, 0.25) is 0 Å². The number of rotatable bonds is 6. The maximum Gasteiger partial charge on any atom is 0.416 e. The molecule has 1 heterocycles. The van der Waals surface area contributed by atoms with E-state index in [9.17, 15) is 23.1 Å². The molecule has 0 aliphatic carbocycles. The van der Waals surface area contributed by atoms with Gasteiger partial charge in [0.25, 0.3) is 5.91 Å². The first kappa shape index (κ1) is 18.0. The number of carbonyl (C=O) groups is 1. The highest BCUT2D eigenvalue weighted by molar-refractivity contribution is 5.82. The zero-order valence-corrected chi connectivity index (χ0v) is 13.1. The fraction of sp³-hybridized carbons (Fsp3) is 0.375. The summed E-state index contributed by atoms with van der Waals surface area (Å²) in [4.78, 5) is 13.8. The number of halogens is 3. The Balaban J connectivity index is 2.03. The first-order valence-corrected chi connectivity index (χ1v) is 7.44. The molecule has 1 aromatic carbocycles. The molecule has 2 aromatic rings. The third-order valence-electron chi connectivity index (χ3n) is 3.64. The number of alkyl halides is 3. The molecule has 1 aromatic heterocycles. The highest BCUT2D eigenvalue weighted by Crippen LogP contribution is 2.30. The van der Waals surface area contributed by atoms with Crippen LogP contribution >= 0.6 is 0 Å². The molecule has 0 spiro atoms. The summed E-state index contributed by atoms with van der Waals surface area (Å²) >= 11 is 0. The van der Waals surface area contributed by atoms with E-state index in [1.165, 1.54) is 4.90 Å². The second-order valence-corrected chi connectivity index (χ2v) is 5.21. The largest absolute Gasteiger partial charge is 0.416 e. The lowest BCUT2D eigenvalue weighted by Crippen LogP contribution is -2.37. The maximum atomic E-state index is 12.6. The van der Waals surface area contributed by atoms with E-state index in [0.29, 0.717) is 19.6 Å². The van der Waals surface area contributed by atoms with Crippen LogP contribution in [-0.4, -0.2) is 38.8 Å². The number of aromatic nitrogens is 2. The SMILES string of the molecule is CCN(CCn1cccn1)C(=O)C(O)c1ccc(C(F)(F)F)cc1. The van der Waals surface area contributed by atoms with E-state index in [1.807, 2.05) is 0 Å². The highest BCUT2D eigenvalue weighted by Gasteiger charge is 2.31. The van der Waals surface area contributed by atoms with Crippen molar-refractivity contribution in [1.82, 2.24) is 14.7 Å². The molecule has 8 heteroatoms. The quantitative estimate of drug-likeness (QED) is 0.878. The molecular weight excluding hydrogens is 323 g/mol. The summed E-state index contributed by atoms with van der Waals surface area (Å²) in [6.45, 7) is 2.94. The van der Waals surface area contributed by atoms with Crippen LogP contribution in [0.2, 0.25) is 0 Å². The minimum Gasteiger partial charge on any atom is -0.378 e. The monoisotopic (exact) mass is 341 g/mol. The lowest BCUT2D eigenvalue weighted by Gasteiger charge is -2.24. The Morgan fingerprint density at radius 2 is 2.00 bits per heavy atom. The first-order valence-electron chi connectivity index (χ1n) is 7.44. The van der Waals surface area contributed by atoms with Gasteiger partial charge in [-0.1, -0.05) is 12.1 Å². The van der Waals surface area contributed by atoms with Gasteiger partial charge in [0, 0.05) is 25.5 Å². The topological polar surface area (TPSA) is 58.4 Å². The van der Waals surface area contributed by atoms with Crippen LogP contribution in [0.25, 0.3) is 0 Å². The molecule has 0 bridgehead atoms. The summed E-state index contributed by atoms with van der Waals surface area (Å²) in [7, 11) is 0. The lowest BCUT2D eigenvalue weighted by atomic mass is 10.1. The minimum absolute atomic E-state index is 0.130. The molecule has 0 fully saturated rings. The van der Waals surface area contributed by atoms with Gasteiger partial charge < -0.3 is 10.0 Å². The zero-order chi connectivity index (χ0) is 17.7. The van der Waals surface area contributed by atoms with E-state index in [1.54, 1.807) is 30.1 Å². The summed E-state index contributed by atoms with van der Waals surface area (Å²) < 4.78 is 39.3. The van der Waals surface area contributed by atoms with Crippen LogP contribution in [0.4, 0.5) is 13.2 Å². The van der Waals surface area contributed by atoms with Crippen molar-refractivity contribution in [3.8, 4) is 0 Å². The number of likely N-dealkylation sites (N-methyl/N-ethyl adjacent to an activating group) is 1. The number of aliphatic hydroxyl groups is 1. The Kier molecular flexibility index (Phi) is 5.61. The fourth-order valence-corrected chi connectivity index (χ4v) is 2.25. The van der Waals surface area contributed by atoms with Crippen LogP contribution in [0.5, 0.6) is 0 Å². The van der Waals surface area contributed by atoms with Gasteiger partial charge in [0.15, 0.2) is 6.10 Å². The van der Waals surface area contributed by atoms with Crippen molar-refractivity contribution in [3.63, 3.8) is 0 Å². The van der Waals surface area contributed by atoms with Crippen molar-refractivity contribution in [2.75, 3.05) is 13.1 Å². The molecule has 1 N–H and O–H groups in total. The summed E-state index contributed by atoms with van der Waals surface area (Å²) in [5, 5.41) is 14.2. The predicted octanol–water partition coefficient (Wildman–Crippen LogP) is 2.48.